The molecule has 1 rings (SSSR count). The topological polar surface area (TPSA) is 21.3 Å². The Morgan fingerprint density at radius 1 is 1.50 bits per heavy atom. The van der Waals surface area contributed by atoms with E-state index in [1.54, 1.807) is 7.11 Å². The van der Waals surface area contributed by atoms with E-state index in [1.807, 2.05) is 0 Å². The number of methoxy groups -OCH3 is 1. The first kappa shape index (κ1) is 10.2. The Bertz CT molecular complexity index is 89.7. The molecule has 0 radical (unpaired) electrons. The maximum Gasteiger partial charge on any atom is 0.0598 e. The van der Waals surface area contributed by atoms with Crippen LogP contribution in [0.1, 0.15) is 19.8 Å². The van der Waals surface area contributed by atoms with Gasteiger partial charge in [-0.1, -0.05) is 0 Å². The molecular weight excluding hydrogens is 150 g/mol. The predicted molar refractivity (Wildman–Crippen MR) is 44.7 cm³/mol. The number of ether oxygens (including phenoxy) is 1. The van der Waals surface area contributed by atoms with Gasteiger partial charge in [0.05, 0.1) is 6.10 Å². The number of hydrogen-bond donors (Lipinski definition) is 1. The fourth-order valence-corrected chi connectivity index (χ4v) is 1.30. The Labute approximate surface area is 68.7 Å². The maximum atomic E-state index is 5.22. The first-order chi connectivity index (χ1) is 4.33. The van der Waals surface area contributed by atoms with Crippen LogP contribution in [-0.4, -0.2) is 25.8 Å². The lowest BCUT2D eigenvalue weighted by atomic mass is 10.0. The van der Waals surface area contributed by atoms with E-state index >= 15 is 0 Å². The lowest BCUT2D eigenvalue weighted by Gasteiger charge is -2.26. The highest BCUT2D eigenvalue weighted by molar-refractivity contribution is 5.85. The summed E-state index contributed by atoms with van der Waals surface area (Å²) < 4.78 is 5.22. The fourth-order valence-electron chi connectivity index (χ4n) is 1.30. The first-order valence-electron chi connectivity index (χ1n) is 3.59. The summed E-state index contributed by atoms with van der Waals surface area (Å²) in [6.07, 6.45) is 2.83. The van der Waals surface area contributed by atoms with E-state index in [-0.39, 0.29) is 12.4 Å². The molecule has 62 valence electrons. The largest absolute Gasteiger partial charge is 0.381 e. The third kappa shape index (κ3) is 2.86. The summed E-state index contributed by atoms with van der Waals surface area (Å²) in [4.78, 5) is 0. The van der Waals surface area contributed by atoms with Crippen molar-refractivity contribution in [3.05, 3.63) is 0 Å². The molecule has 10 heavy (non-hydrogen) atoms. The van der Waals surface area contributed by atoms with Gasteiger partial charge in [0, 0.05) is 13.2 Å². The van der Waals surface area contributed by atoms with Gasteiger partial charge in [-0.05, 0) is 26.3 Å². The zero-order valence-corrected chi connectivity index (χ0v) is 7.41. The third-order valence-electron chi connectivity index (χ3n) is 1.91. The standard InChI is InChI=1S/C7H15NO.ClH/c1-6-5-7(9-2)3-4-8-6;/h6-8H,3-5H2,1-2H3;1H. The second kappa shape index (κ2) is 4.94. The van der Waals surface area contributed by atoms with E-state index in [1.165, 1.54) is 6.42 Å². The van der Waals surface area contributed by atoms with Crippen LogP contribution in [-0.2, 0) is 4.74 Å². The maximum absolute atomic E-state index is 5.22. The molecule has 2 nitrogen and oxygen atoms in total. The minimum atomic E-state index is 0. The minimum Gasteiger partial charge on any atom is -0.381 e. The molecule has 1 saturated heterocycles. The second-order valence-corrected chi connectivity index (χ2v) is 2.74. The molecule has 0 aliphatic carbocycles. The van der Waals surface area contributed by atoms with Crippen LogP contribution in [0.25, 0.3) is 0 Å². The minimum absolute atomic E-state index is 0. The number of rotatable bonds is 1. The van der Waals surface area contributed by atoms with Crippen LogP contribution >= 0.6 is 12.4 Å². The van der Waals surface area contributed by atoms with Crippen LogP contribution in [0.4, 0.5) is 0 Å². The molecule has 2 unspecified atom stereocenters. The molecule has 1 heterocycles. The molecule has 2 atom stereocenters. The lowest BCUT2D eigenvalue weighted by Crippen LogP contribution is -2.38. The summed E-state index contributed by atoms with van der Waals surface area (Å²) in [5.41, 5.74) is 0. The number of nitrogens with one attached hydrogen (secondary N) is 1. The van der Waals surface area contributed by atoms with Gasteiger partial charge in [-0.3, -0.25) is 0 Å². The molecular formula is C7H16ClNO. The van der Waals surface area contributed by atoms with Gasteiger partial charge in [0.15, 0.2) is 0 Å². The molecule has 0 aromatic heterocycles. The molecule has 0 bridgehead atoms. The van der Waals surface area contributed by atoms with Crippen LogP contribution in [0.5, 0.6) is 0 Å². The van der Waals surface area contributed by atoms with Crippen LogP contribution in [0, 0.1) is 0 Å². The summed E-state index contributed by atoms with van der Waals surface area (Å²) in [5.74, 6) is 0. The van der Waals surface area contributed by atoms with Crippen LogP contribution in [0.2, 0.25) is 0 Å². The van der Waals surface area contributed by atoms with Crippen molar-refractivity contribution in [3.8, 4) is 0 Å². The molecule has 0 aromatic carbocycles. The smallest absolute Gasteiger partial charge is 0.0598 e. The van der Waals surface area contributed by atoms with Crippen molar-refractivity contribution in [3.63, 3.8) is 0 Å². The summed E-state index contributed by atoms with van der Waals surface area (Å²) >= 11 is 0. The van der Waals surface area contributed by atoms with Gasteiger partial charge >= 0.3 is 0 Å². The van der Waals surface area contributed by atoms with E-state index in [4.69, 9.17) is 4.74 Å². The number of piperidine rings is 1. The van der Waals surface area contributed by atoms with Crippen molar-refractivity contribution < 1.29 is 4.74 Å². The average Bonchev–Trinajstić information content (AvgIpc) is 1.88. The summed E-state index contributed by atoms with van der Waals surface area (Å²) in [7, 11) is 1.79. The Kier molecular flexibility index (Phi) is 5.04. The zero-order valence-electron chi connectivity index (χ0n) is 6.59. The van der Waals surface area contributed by atoms with Gasteiger partial charge in [0.25, 0.3) is 0 Å². The van der Waals surface area contributed by atoms with E-state index in [0.717, 1.165) is 13.0 Å². The molecule has 3 heteroatoms. The van der Waals surface area contributed by atoms with Gasteiger partial charge in [-0.15, -0.1) is 12.4 Å². The van der Waals surface area contributed by atoms with Gasteiger partial charge in [0.2, 0.25) is 0 Å². The van der Waals surface area contributed by atoms with E-state index < -0.39 is 0 Å². The van der Waals surface area contributed by atoms with Crippen LogP contribution in [0.3, 0.4) is 0 Å². The molecule has 1 aliphatic heterocycles. The van der Waals surface area contributed by atoms with Crippen molar-refractivity contribution in [1.29, 1.82) is 0 Å². The van der Waals surface area contributed by atoms with Crippen molar-refractivity contribution in [2.24, 2.45) is 0 Å². The van der Waals surface area contributed by atoms with Gasteiger partial charge in [-0.2, -0.15) is 0 Å². The second-order valence-electron chi connectivity index (χ2n) is 2.74. The molecule has 0 aromatic rings. The quantitative estimate of drug-likeness (QED) is 0.631. The van der Waals surface area contributed by atoms with Crippen LogP contribution in [0.15, 0.2) is 0 Å². The third-order valence-corrected chi connectivity index (χ3v) is 1.91. The Hall–Kier alpha value is 0.210. The number of halogens is 1. The molecule has 1 aliphatic rings. The molecule has 1 N–H and O–H groups in total. The van der Waals surface area contributed by atoms with Gasteiger partial charge < -0.3 is 10.1 Å². The highest BCUT2D eigenvalue weighted by atomic mass is 35.5. The SMILES string of the molecule is COC1CCNC(C)C1.Cl. The molecule has 0 spiro atoms. The van der Waals surface area contributed by atoms with Crippen molar-refractivity contribution in [2.45, 2.75) is 31.9 Å². The highest BCUT2D eigenvalue weighted by Crippen LogP contribution is 2.10. The Morgan fingerprint density at radius 2 is 2.20 bits per heavy atom. The summed E-state index contributed by atoms with van der Waals surface area (Å²) in [6, 6.07) is 0.642. The first-order valence-corrected chi connectivity index (χ1v) is 3.59. The predicted octanol–water partition coefficient (Wildman–Crippen LogP) is 1.20. The average molecular weight is 166 g/mol. The van der Waals surface area contributed by atoms with Gasteiger partial charge in [0.1, 0.15) is 0 Å². The zero-order chi connectivity index (χ0) is 6.69. The normalized spacial score (nSPS) is 33.0. The number of hydrogen-bond acceptors (Lipinski definition) is 2. The highest BCUT2D eigenvalue weighted by Gasteiger charge is 2.16. The monoisotopic (exact) mass is 165 g/mol. The van der Waals surface area contributed by atoms with E-state index in [2.05, 4.69) is 12.2 Å². The molecule has 0 saturated carbocycles. The summed E-state index contributed by atoms with van der Waals surface area (Å²) in [5, 5.41) is 3.37. The van der Waals surface area contributed by atoms with Crippen molar-refractivity contribution in [2.75, 3.05) is 13.7 Å². The van der Waals surface area contributed by atoms with E-state index in [9.17, 15) is 0 Å². The molecule has 0 amide bonds. The molecule has 1 fully saturated rings. The summed E-state index contributed by atoms with van der Waals surface area (Å²) in [6.45, 7) is 3.31. The van der Waals surface area contributed by atoms with E-state index in [0.29, 0.717) is 12.1 Å². The lowest BCUT2D eigenvalue weighted by molar-refractivity contribution is 0.0647. The van der Waals surface area contributed by atoms with Crippen molar-refractivity contribution in [1.82, 2.24) is 5.32 Å². The van der Waals surface area contributed by atoms with Crippen molar-refractivity contribution >= 4 is 12.4 Å². The van der Waals surface area contributed by atoms with Crippen LogP contribution < -0.4 is 5.32 Å². The fraction of sp³-hybridized carbons (Fsp3) is 1.00. The Balaban J connectivity index is 0.000000810. The Morgan fingerprint density at radius 3 is 2.60 bits per heavy atom. The van der Waals surface area contributed by atoms with Gasteiger partial charge in [-0.25, -0.2) is 0 Å².